The minimum absolute atomic E-state index is 0.224. The third kappa shape index (κ3) is 3.70. The summed E-state index contributed by atoms with van der Waals surface area (Å²) in [5, 5.41) is 5.71. The van der Waals surface area contributed by atoms with E-state index in [1.165, 1.54) is 0 Å². The lowest BCUT2D eigenvalue weighted by Crippen LogP contribution is -2.20. The van der Waals surface area contributed by atoms with Gasteiger partial charge in [0.15, 0.2) is 0 Å². The van der Waals surface area contributed by atoms with Crippen LogP contribution < -0.4 is 10.6 Å². The number of aryl methyl sites for hydroxylation is 2. The molecule has 0 atom stereocenters. The van der Waals surface area contributed by atoms with Crippen molar-refractivity contribution in [1.82, 2.24) is 0 Å². The van der Waals surface area contributed by atoms with Gasteiger partial charge in [-0.3, -0.25) is 0 Å². The van der Waals surface area contributed by atoms with E-state index in [0.717, 1.165) is 26.1 Å². The van der Waals surface area contributed by atoms with Gasteiger partial charge in [-0.15, -0.1) is 0 Å². The molecule has 4 heteroatoms. The molecule has 2 aromatic carbocycles. The maximum absolute atomic E-state index is 11.9. The summed E-state index contributed by atoms with van der Waals surface area (Å²) >= 11 is 2.25. The number of carbonyl (C=O) groups is 1. The van der Waals surface area contributed by atoms with Gasteiger partial charge in [0.1, 0.15) is 0 Å². The first-order chi connectivity index (χ1) is 9.06. The molecule has 0 aromatic heterocycles. The minimum atomic E-state index is -0.224. The summed E-state index contributed by atoms with van der Waals surface area (Å²) in [5.74, 6) is 0. The van der Waals surface area contributed by atoms with Crippen molar-refractivity contribution in [2.45, 2.75) is 13.8 Å². The summed E-state index contributed by atoms with van der Waals surface area (Å²) < 4.78 is 1.15. The van der Waals surface area contributed by atoms with Crippen LogP contribution in [0.5, 0.6) is 0 Å². The van der Waals surface area contributed by atoms with Crippen molar-refractivity contribution in [3.63, 3.8) is 0 Å². The second kappa shape index (κ2) is 6.06. The van der Waals surface area contributed by atoms with Crippen LogP contribution in [-0.2, 0) is 0 Å². The minimum Gasteiger partial charge on any atom is -0.307 e. The lowest BCUT2D eigenvalue weighted by molar-refractivity contribution is 0.262. The second-order valence-electron chi connectivity index (χ2n) is 4.35. The Kier molecular flexibility index (Phi) is 4.42. The Labute approximate surface area is 126 Å². The molecular formula is C15H15IN2O. The summed E-state index contributed by atoms with van der Waals surface area (Å²) in [6, 6.07) is 13.4. The quantitative estimate of drug-likeness (QED) is 0.753. The predicted molar refractivity (Wildman–Crippen MR) is 87.7 cm³/mol. The van der Waals surface area contributed by atoms with Gasteiger partial charge in [0.2, 0.25) is 0 Å². The summed E-state index contributed by atoms with van der Waals surface area (Å²) in [6.45, 7) is 3.94. The van der Waals surface area contributed by atoms with Crippen molar-refractivity contribution in [2.75, 3.05) is 10.6 Å². The van der Waals surface area contributed by atoms with E-state index >= 15 is 0 Å². The van der Waals surface area contributed by atoms with Gasteiger partial charge in [0.25, 0.3) is 0 Å². The molecule has 0 aliphatic carbocycles. The summed E-state index contributed by atoms with van der Waals surface area (Å²) in [5.41, 5.74) is 3.73. The van der Waals surface area contributed by atoms with Crippen LogP contribution in [0.2, 0.25) is 0 Å². The lowest BCUT2D eigenvalue weighted by atomic mass is 10.2. The van der Waals surface area contributed by atoms with Crippen LogP contribution in [0.1, 0.15) is 11.1 Å². The number of para-hydroxylation sites is 1. The topological polar surface area (TPSA) is 41.1 Å². The van der Waals surface area contributed by atoms with Crippen LogP contribution in [0.15, 0.2) is 42.5 Å². The fourth-order valence-electron chi connectivity index (χ4n) is 1.76. The van der Waals surface area contributed by atoms with Crippen molar-refractivity contribution in [1.29, 1.82) is 0 Å². The summed E-state index contributed by atoms with van der Waals surface area (Å²) in [4.78, 5) is 11.9. The zero-order valence-corrected chi connectivity index (χ0v) is 13.0. The summed E-state index contributed by atoms with van der Waals surface area (Å²) in [6.07, 6.45) is 0. The molecule has 0 unspecified atom stereocenters. The molecule has 0 heterocycles. The standard InChI is InChI=1S/C15H15IN2O/c1-10-5-3-4-6-13(10)17-15(19)18-14-8-7-12(16)9-11(14)2/h3-9H,1-2H3,(H2,17,18,19). The first kappa shape index (κ1) is 13.9. The molecule has 98 valence electrons. The van der Waals surface area contributed by atoms with Gasteiger partial charge < -0.3 is 10.6 Å². The maximum Gasteiger partial charge on any atom is 0.323 e. The van der Waals surface area contributed by atoms with Crippen molar-refractivity contribution >= 4 is 40.0 Å². The van der Waals surface area contributed by atoms with Gasteiger partial charge in [-0.2, -0.15) is 0 Å². The third-order valence-corrected chi connectivity index (χ3v) is 3.50. The van der Waals surface area contributed by atoms with Crippen LogP contribution in [0.3, 0.4) is 0 Å². The predicted octanol–water partition coefficient (Wildman–Crippen LogP) is 4.55. The molecule has 0 aliphatic heterocycles. The van der Waals surface area contributed by atoms with E-state index in [2.05, 4.69) is 33.2 Å². The molecule has 0 aliphatic rings. The molecule has 0 spiro atoms. The van der Waals surface area contributed by atoms with E-state index in [1.807, 2.05) is 56.3 Å². The Bertz CT molecular complexity index is 611. The molecule has 2 N–H and O–H groups in total. The van der Waals surface area contributed by atoms with E-state index < -0.39 is 0 Å². The number of rotatable bonds is 2. The largest absolute Gasteiger partial charge is 0.323 e. The van der Waals surface area contributed by atoms with Gasteiger partial charge >= 0.3 is 6.03 Å². The molecule has 2 rings (SSSR count). The SMILES string of the molecule is Cc1ccccc1NC(=O)Nc1ccc(I)cc1C. The second-order valence-corrected chi connectivity index (χ2v) is 5.60. The highest BCUT2D eigenvalue weighted by Crippen LogP contribution is 2.19. The van der Waals surface area contributed by atoms with Crippen molar-refractivity contribution < 1.29 is 4.79 Å². The number of hydrogen-bond donors (Lipinski definition) is 2. The molecule has 0 saturated carbocycles. The van der Waals surface area contributed by atoms with E-state index in [-0.39, 0.29) is 6.03 Å². The molecule has 2 amide bonds. The highest BCUT2D eigenvalue weighted by atomic mass is 127. The third-order valence-electron chi connectivity index (χ3n) is 2.83. The number of nitrogens with one attached hydrogen (secondary N) is 2. The average Bonchev–Trinajstić information content (AvgIpc) is 2.36. The van der Waals surface area contributed by atoms with Crippen molar-refractivity contribution in [2.24, 2.45) is 0 Å². The van der Waals surface area contributed by atoms with Crippen molar-refractivity contribution in [3.8, 4) is 0 Å². The van der Waals surface area contributed by atoms with Crippen LogP contribution in [-0.4, -0.2) is 6.03 Å². The van der Waals surface area contributed by atoms with Gasteiger partial charge in [0.05, 0.1) is 0 Å². The first-order valence-corrected chi connectivity index (χ1v) is 7.04. The Morgan fingerprint density at radius 2 is 1.58 bits per heavy atom. The Balaban J connectivity index is 2.08. The fraction of sp³-hybridized carbons (Fsp3) is 0.133. The Hall–Kier alpha value is -1.56. The van der Waals surface area contributed by atoms with E-state index in [9.17, 15) is 4.79 Å². The lowest BCUT2D eigenvalue weighted by Gasteiger charge is -2.11. The number of halogens is 1. The normalized spacial score (nSPS) is 10.1. The molecule has 0 saturated heterocycles. The number of anilines is 2. The van der Waals surface area contributed by atoms with E-state index in [1.54, 1.807) is 0 Å². The number of carbonyl (C=O) groups excluding carboxylic acids is 1. The van der Waals surface area contributed by atoms with Crippen LogP contribution >= 0.6 is 22.6 Å². The van der Waals surface area contributed by atoms with Gasteiger partial charge in [0, 0.05) is 14.9 Å². The van der Waals surface area contributed by atoms with Crippen LogP contribution in [0.4, 0.5) is 16.2 Å². The molecule has 2 aromatic rings. The number of urea groups is 1. The molecule has 0 radical (unpaired) electrons. The average molecular weight is 366 g/mol. The Morgan fingerprint density at radius 3 is 2.21 bits per heavy atom. The first-order valence-electron chi connectivity index (χ1n) is 5.96. The van der Waals surface area contributed by atoms with Crippen molar-refractivity contribution in [3.05, 3.63) is 57.2 Å². The maximum atomic E-state index is 11.9. The van der Waals surface area contributed by atoms with Gasteiger partial charge in [-0.1, -0.05) is 18.2 Å². The Morgan fingerprint density at radius 1 is 0.947 bits per heavy atom. The number of benzene rings is 2. The number of amides is 2. The van der Waals surface area contributed by atoms with Gasteiger partial charge in [-0.25, -0.2) is 4.79 Å². The molecule has 0 fully saturated rings. The van der Waals surface area contributed by atoms with E-state index in [4.69, 9.17) is 0 Å². The fourth-order valence-corrected chi connectivity index (χ4v) is 2.40. The smallest absolute Gasteiger partial charge is 0.307 e. The highest BCUT2D eigenvalue weighted by Gasteiger charge is 2.06. The molecular weight excluding hydrogens is 351 g/mol. The molecule has 0 bridgehead atoms. The molecule has 19 heavy (non-hydrogen) atoms. The zero-order valence-electron chi connectivity index (χ0n) is 10.8. The monoisotopic (exact) mass is 366 g/mol. The number of hydrogen-bond acceptors (Lipinski definition) is 1. The van der Waals surface area contributed by atoms with Crippen LogP contribution in [0, 0.1) is 17.4 Å². The molecule has 3 nitrogen and oxygen atoms in total. The zero-order chi connectivity index (χ0) is 13.8. The highest BCUT2D eigenvalue weighted by molar-refractivity contribution is 14.1. The van der Waals surface area contributed by atoms with Gasteiger partial charge in [-0.05, 0) is 71.8 Å². The van der Waals surface area contributed by atoms with E-state index in [0.29, 0.717) is 0 Å². The van der Waals surface area contributed by atoms with Crippen LogP contribution in [0.25, 0.3) is 0 Å². The summed E-state index contributed by atoms with van der Waals surface area (Å²) in [7, 11) is 0.